The number of hydrogen-bond acceptors (Lipinski definition) is 4. The van der Waals surface area contributed by atoms with E-state index in [1.165, 1.54) is 12.3 Å². The molecule has 7 nitrogen and oxygen atoms in total. The summed E-state index contributed by atoms with van der Waals surface area (Å²) < 4.78 is 4.93. The number of hydrogen-bond donors (Lipinski definition) is 3. The third-order valence-corrected chi connectivity index (χ3v) is 2.88. The molecule has 2 heterocycles. The summed E-state index contributed by atoms with van der Waals surface area (Å²) in [7, 11) is 0. The molecule has 7 heteroatoms. The second-order valence-electron chi connectivity index (χ2n) is 4.38. The highest BCUT2D eigenvalue weighted by Crippen LogP contribution is 2.16. The van der Waals surface area contributed by atoms with Crippen molar-refractivity contribution < 1.29 is 14.0 Å². The summed E-state index contributed by atoms with van der Waals surface area (Å²) in [5.41, 5.74) is 1.46. The Bertz CT molecular complexity index is 776. The molecule has 0 aliphatic rings. The van der Waals surface area contributed by atoms with Crippen molar-refractivity contribution in [1.29, 1.82) is 0 Å². The summed E-state index contributed by atoms with van der Waals surface area (Å²) in [6, 6.07) is 8.52. The van der Waals surface area contributed by atoms with E-state index in [4.69, 9.17) is 4.42 Å². The number of carbonyl (C=O) groups excluding carboxylic acids is 2. The molecule has 3 N–H and O–H groups in total. The van der Waals surface area contributed by atoms with Crippen molar-refractivity contribution in [2.24, 2.45) is 0 Å². The van der Waals surface area contributed by atoms with Gasteiger partial charge in [0.05, 0.1) is 24.5 Å². The monoisotopic (exact) mass is 284 g/mol. The van der Waals surface area contributed by atoms with E-state index in [0.29, 0.717) is 5.69 Å². The van der Waals surface area contributed by atoms with E-state index in [1.807, 2.05) is 6.07 Å². The molecule has 1 aromatic carbocycles. The maximum atomic E-state index is 11.8. The Hall–Kier alpha value is -3.09. The number of carbonyl (C=O) groups is 2. The van der Waals surface area contributed by atoms with Crippen molar-refractivity contribution in [1.82, 2.24) is 15.5 Å². The first-order valence-electron chi connectivity index (χ1n) is 6.27. The summed E-state index contributed by atoms with van der Waals surface area (Å²) in [4.78, 5) is 23.4. The summed E-state index contributed by atoms with van der Waals surface area (Å²) in [5.74, 6) is -0.588. The first-order chi connectivity index (χ1) is 10.2. The van der Waals surface area contributed by atoms with Gasteiger partial charge in [-0.15, -0.1) is 0 Å². The highest BCUT2D eigenvalue weighted by Gasteiger charge is 2.10. The van der Waals surface area contributed by atoms with Gasteiger partial charge in [0.25, 0.3) is 5.91 Å². The Morgan fingerprint density at radius 1 is 1.29 bits per heavy atom. The normalized spacial score (nSPS) is 10.5. The Labute approximate surface area is 119 Å². The predicted molar refractivity (Wildman–Crippen MR) is 75.8 cm³/mol. The van der Waals surface area contributed by atoms with E-state index in [0.717, 1.165) is 10.9 Å². The zero-order valence-corrected chi connectivity index (χ0v) is 10.9. The first-order valence-corrected chi connectivity index (χ1v) is 6.27. The van der Waals surface area contributed by atoms with Crippen LogP contribution >= 0.6 is 0 Å². The van der Waals surface area contributed by atoms with Gasteiger partial charge in [0, 0.05) is 11.1 Å². The fourth-order valence-corrected chi connectivity index (χ4v) is 1.88. The number of aromatic nitrogens is 2. The van der Waals surface area contributed by atoms with E-state index < -0.39 is 5.91 Å². The minimum atomic E-state index is -0.431. The minimum Gasteiger partial charge on any atom is -0.459 e. The summed E-state index contributed by atoms with van der Waals surface area (Å²) in [5, 5.41) is 12.8. The molecule has 0 saturated heterocycles. The topological polar surface area (TPSA) is 100 Å². The molecule has 2 aromatic heterocycles. The maximum absolute atomic E-state index is 11.8. The molecule has 0 aliphatic carbocycles. The van der Waals surface area contributed by atoms with Gasteiger partial charge in [0.15, 0.2) is 5.76 Å². The van der Waals surface area contributed by atoms with Crippen molar-refractivity contribution in [3.05, 3.63) is 48.6 Å². The Kier molecular flexibility index (Phi) is 3.38. The van der Waals surface area contributed by atoms with E-state index >= 15 is 0 Å². The largest absolute Gasteiger partial charge is 0.459 e. The number of nitrogens with zero attached hydrogens (tertiary/aromatic N) is 1. The lowest BCUT2D eigenvalue weighted by atomic mass is 10.2. The number of aromatic amines is 1. The average Bonchev–Trinajstić information content (AvgIpc) is 3.15. The van der Waals surface area contributed by atoms with Gasteiger partial charge in [-0.2, -0.15) is 5.10 Å². The fraction of sp³-hybridized carbons (Fsp3) is 0.0714. The molecule has 2 amide bonds. The van der Waals surface area contributed by atoms with Crippen LogP contribution in [0, 0.1) is 0 Å². The van der Waals surface area contributed by atoms with Gasteiger partial charge < -0.3 is 15.1 Å². The number of furan rings is 1. The molecule has 0 aliphatic heterocycles. The minimum absolute atomic E-state index is 0.138. The smallest absolute Gasteiger partial charge is 0.287 e. The maximum Gasteiger partial charge on any atom is 0.287 e. The Balaban J connectivity index is 1.57. The van der Waals surface area contributed by atoms with Gasteiger partial charge in [0.1, 0.15) is 0 Å². The molecule has 3 aromatic rings. The number of fused-ring (bicyclic) bond motifs is 1. The van der Waals surface area contributed by atoms with Crippen LogP contribution in [0.1, 0.15) is 10.6 Å². The zero-order chi connectivity index (χ0) is 14.7. The van der Waals surface area contributed by atoms with Crippen molar-refractivity contribution in [2.45, 2.75) is 0 Å². The first kappa shape index (κ1) is 12.9. The van der Waals surface area contributed by atoms with E-state index in [1.54, 1.807) is 24.4 Å². The van der Waals surface area contributed by atoms with Gasteiger partial charge in [-0.3, -0.25) is 14.7 Å². The molecule has 3 rings (SSSR count). The van der Waals surface area contributed by atoms with Crippen LogP contribution < -0.4 is 10.6 Å². The van der Waals surface area contributed by atoms with Crippen LogP contribution in [0.15, 0.2) is 47.2 Å². The van der Waals surface area contributed by atoms with Gasteiger partial charge in [-0.05, 0) is 30.3 Å². The molecule has 0 fully saturated rings. The molecule has 0 radical (unpaired) electrons. The summed E-state index contributed by atoms with van der Waals surface area (Å²) >= 11 is 0. The molecule has 0 atom stereocenters. The fourth-order valence-electron chi connectivity index (χ4n) is 1.88. The van der Waals surface area contributed by atoms with Crippen LogP contribution in [0.3, 0.4) is 0 Å². The van der Waals surface area contributed by atoms with Gasteiger partial charge in [0.2, 0.25) is 5.91 Å². The highest BCUT2D eigenvalue weighted by atomic mass is 16.3. The average molecular weight is 284 g/mol. The summed E-state index contributed by atoms with van der Waals surface area (Å²) in [6.07, 6.45) is 3.10. The molecule has 0 bridgehead atoms. The quantitative estimate of drug-likeness (QED) is 0.676. The van der Waals surface area contributed by atoms with Gasteiger partial charge in [-0.25, -0.2) is 0 Å². The number of H-pyrrole nitrogens is 1. The van der Waals surface area contributed by atoms with E-state index in [2.05, 4.69) is 20.8 Å². The number of rotatable bonds is 4. The Morgan fingerprint density at radius 3 is 3.00 bits per heavy atom. The number of amides is 2. The molecule has 0 saturated carbocycles. The third-order valence-electron chi connectivity index (χ3n) is 2.88. The molecule has 106 valence electrons. The SMILES string of the molecule is O=C(CNC(=O)c1ccco1)Nc1ccc2cn[nH]c2c1. The molecule has 0 spiro atoms. The number of nitrogens with one attached hydrogen (secondary N) is 3. The van der Waals surface area contributed by atoms with Crippen molar-refractivity contribution in [2.75, 3.05) is 11.9 Å². The standard InChI is InChI=1S/C14H12N4O3/c19-13(8-15-14(20)12-2-1-5-21-12)17-10-4-3-9-7-16-18-11(9)6-10/h1-7H,8H2,(H,15,20)(H,16,18)(H,17,19). The lowest BCUT2D eigenvalue weighted by molar-refractivity contribution is -0.115. The molecule has 0 unspecified atom stereocenters. The number of anilines is 1. The van der Waals surface area contributed by atoms with Crippen molar-refractivity contribution in [3.8, 4) is 0 Å². The van der Waals surface area contributed by atoms with Crippen LogP contribution in [0.25, 0.3) is 10.9 Å². The second-order valence-corrected chi connectivity index (χ2v) is 4.38. The molecular formula is C14H12N4O3. The van der Waals surface area contributed by atoms with E-state index in [9.17, 15) is 9.59 Å². The van der Waals surface area contributed by atoms with Crippen molar-refractivity contribution in [3.63, 3.8) is 0 Å². The zero-order valence-electron chi connectivity index (χ0n) is 10.9. The number of benzene rings is 1. The van der Waals surface area contributed by atoms with Gasteiger partial charge in [-0.1, -0.05) is 0 Å². The van der Waals surface area contributed by atoms with Crippen molar-refractivity contribution >= 4 is 28.4 Å². The predicted octanol–water partition coefficient (Wildman–Crippen LogP) is 1.52. The molecular weight excluding hydrogens is 272 g/mol. The lowest BCUT2D eigenvalue weighted by Gasteiger charge is -2.06. The third kappa shape index (κ3) is 2.92. The second kappa shape index (κ2) is 5.49. The Morgan fingerprint density at radius 2 is 2.19 bits per heavy atom. The van der Waals surface area contributed by atoms with Crippen LogP contribution in [0.4, 0.5) is 5.69 Å². The highest BCUT2D eigenvalue weighted by molar-refractivity contribution is 5.98. The van der Waals surface area contributed by atoms with Crippen LogP contribution in [0.2, 0.25) is 0 Å². The lowest BCUT2D eigenvalue weighted by Crippen LogP contribution is -2.32. The van der Waals surface area contributed by atoms with Crippen LogP contribution in [-0.4, -0.2) is 28.6 Å². The molecule has 21 heavy (non-hydrogen) atoms. The van der Waals surface area contributed by atoms with Crippen LogP contribution in [0.5, 0.6) is 0 Å². The van der Waals surface area contributed by atoms with E-state index in [-0.39, 0.29) is 18.2 Å². The summed E-state index contributed by atoms with van der Waals surface area (Å²) in [6.45, 7) is -0.138. The van der Waals surface area contributed by atoms with Gasteiger partial charge >= 0.3 is 0 Å². The van der Waals surface area contributed by atoms with Crippen LogP contribution in [-0.2, 0) is 4.79 Å².